The number of ketones is 1. The minimum atomic E-state index is -0.335. The third kappa shape index (κ3) is 4.04. The highest BCUT2D eigenvalue weighted by molar-refractivity contribution is 7.21. The Morgan fingerprint density at radius 1 is 0.963 bits per heavy atom. The Hall–Kier alpha value is -3.05. The number of nitrogens with one attached hydrogen (secondary N) is 1. The van der Waals surface area contributed by atoms with Crippen molar-refractivity contribution in [2.45, 2.75) is 6.42 Å². The van der Waals surface area contributed by atoms with Crippen molar-refractivity contribution >= 4 is 33.0 Å². The van der Waals surface area contributed by atoms with E-state index in [4.69, 9.17) is 0 Å². The van der Waals surface area contributed by atoms with Crippen LogP contribution in [0.1, 0.15) is 16.8 Å². The molecule has 134 valence electrons. The summed E-state index contributed by atoms with van der Waals surface area (Å²) in [5.41, 5.74) is 3.57. The van der Waals surface area contributed by atoms with Crippen molar-refractivity contribution in [2.24, 2.45) is 0 Å². The molecule has 27 heavy (non-hydrogen) atoms. The Bertz CT molecular complexity index is 1040. The highest BCUT2D eigenvalue weighted by Crippen LogP contribution is 2.30. The molecule has 0 bridgehead atoms. The van der Waals surface area contributed by atoms with E-state index in [1.54, 1.807) is 11.3 Å². The number of aromatic nitrogens is 1. The van der Waals surface area contributed by atoms with Gasteiger partial charge in [0.05, 0.1) is 10.2 Å². The normalized spacial score (nSPS) is 10.9. The standard InChI is InChI=1S/C22H17FN2OS/c23-17-9-5-15(6-10-17)20(26)13-14-24-18-11-7-16(8-12-18)22-25-19-3-1-2-4-21(19)27-22/h1-12,24H,13-14H2. The number of hydrogen-bond acceptors (Lipinski definition) is 4. The number of carbonyl (C=O) groups excluding carboxylic acids is 1. The van der Waals surface area contributed by atoms with Gasteiger partial charge in [-0.2, -0.15) is 0 Å². The quantitative estimate of drug-likeness (QED) is 0.433. The number of thiazole rings is 1. The van der Waals surface area contributed by atoms with E-state index >= 15 is 0 Å². The zero-order valence-corrected chi connectivity index (χ0v) is 15.3. The van der Waals surface area contributed by atoms with Gasteiger partial charge in [0.15, 0.2) is 5.78 Å². The predicted molar refractivity (Wildman–Crippen MR) is 109 cm³/mol. The van der Waals surface area contributed by atoms with E-state index in [2.05, 4.69) is 16.4 Å². The number of carbonyl (C=O) groups is 1. The first kappa shape index (κ1) is 17.4. The summed E-state index contributed by atoms with van der Waals surface area (Å²) in [6.45, 7) is 0.524. The number of halogens is 1. The zero-order chi connectivity index (χ0) is 18.6. The summed E-state index contributed by atoms with van der Waals surface area (Å²) in [5.74, 6) is -0.341. The van der Waals surface area contributed by atoms with E-state index in [0.717, 1.165) is 21.8 Å². The third-order valence-electron chi connectivity index (χ3n) is 4.27. The van der Waals surface area contributed by atoms with Crippen molar-refractivity contribution in [1.29, 1.82) is 0 Å². The fraction of sp³-hybridized carbons (Fsp3) is 0.0909. The first-order valence-electron chi connectivity index (χ1n) is 8.68. The molecule has 0 aliphatic heterocycles. The molecule has 4 aromatic rings. The van der Waals surface area contributed by atoms with Crippen LogP contribution in [0.15, 0.2) is 72.8 Å². The molecular formula is C22H17FN2OS. The van der Waals surface area contributed by atoms with Gasteiger partial charge in [0.2, 0.25) is 0 Å². The summed E-state index contributed by atoms with van der Waals surface area (Å²) in [4.78, 5) is 16.8. The van der Waals surface area contributed by atoms with Crippen molar-refractivity contribution in [1.82, 2.24) is 4.98 Å². The second-order valence-corrected chi connectivity index (χ2v) is 7.20. The Morgan fingerprint density at radius 3 is 2.44 bits per heavy atom. The molecule has 5 heteroatoms. The van der Waals surface area contributed by atoms with Gasteiger partial charge in [0, 0.05) is 29.8 Å². The first-order valence-corrected chi connectivity index (χ1v) is 9.49. The molecule has 0 saturated heterocycles. The molecule has 1 heterocycles. The number of benzene rings is 3. The lowest BCUT2D eigenvalue weighted by Crippen LogP contribution is -2.08. The minimum Gasteiger partial charge on any atom is -0.385 e. The Kier molecular flexibility index (Phi) is 4.94. The predicted octanol–water partition coefficient (Wildman–Crippen LogP) is 5.79. The van der Waals surface area contributed by atoms with E-state index < -0.39 is 0 Å². The maximum Gasteiger partial charge on any atom is 0.164 e. The highest BCUT2D eigenvalue weighted by Gasteiger charge is 2.07. The van der Waals surface area contributed by atoms with Crippen molar-refractivity contribution in [3.63, 3.8) is 0 Å². The molecule has 3 nitrogen and oxygen atoms in total. The number of para-hydroxylation sites is 1. The highest BCUT2D eigenvalue weighted by atomic mass is 32.1. The maximum atomic E-state index is 12.9. The van der Waals surface area contributed by atoms with Gasteiger partial charge in [-0.1, -0.05) is 12.1 Å². The Labute approximate surface area is 160 Å². The number of rotatable bonds is 6. The summed E-state index contributed by atoms with van der Waals surface area (Å²) in [7, 11) is 0. The van der Waals surface area contributed by atoms with Crippen LogP contribution in [-0.4, -0.2) is 17.3 Å². The molecule has 1 N–H and O–H groups in total. The number of fused-ring (bicyclic) bond motifs is 1. The van der Waals surface area contributed by atoms with Crippen LogP contribution >= 0.6 is 11.3 Å². The molecule has 4 rings (SSSR count). The van der Waals surface area contributed by atoms with Crippen LogP contribution in [0.4, 0.5) is 10.1 Å². The lowest BCUT2D eigenvalue weighted by molar-refractivity contribution is 0.0986. The molecular weight excluding hydrogens is 359 g/mol. The van der Waals surface area contributed by atoms with Crippen LogP contribution in [0.3, 0.4) is 0 Å². The molecule has 0 atom stereocenters. The van der Waals surface area contributed by atoms with E-state index in [1.165, 1.54) is 29.0 Å². The van der Waals surface area contributed by atoms with Gasteiger partial charge < -0.3 is 5.32 Å². The van der Waals surface area contributed by atoms with E-state index in [-0.39, 0.29) is 11.6 Å². The van der Waals surface area contributed by atoms with Crippen LogP contribution in [0.5, 0.6) is 0 Å². The number of Topliss-reactive ketones (excluding diaryl/α,β-unsaturated/α-hetero) is 1. The summed E-state index contributed by atoms with van der Waals surface area (Å²) in [5, 5.41) is 4.24. The van der Waals surface area contributed by atoms with E-state index in [1.807, 2.05) is 42.5 Å². The average molecular weight is 376 g/mol. The second kappa shape index (κ2) is 7.68. The molecule has 0 aliphatic carbocycles. The monoisotopic (exact) mass is 376 g/mol. The van der Waals surface area contributed by atoms with Gasteiger partial charge in [-0.3, -0.25) is 4.79 Å². The summed E-state index contributed by atoms with van der Waals surface area (Å²) < 4.78 is 14.1. The van der Waals surface area contributed by atoms with Gasteiger partial charge in [-0.15, -0.1) is 11.3 Å². The van der Waals surface area contributed by atoms with Gasteiger partial charge in [-0.05, 0) is 60.7 Å². The number of hydrogen-bond donors (Lipinski definition) is 1. The van der Waals surface area contributed by atoms with Crippen molar-refractivity contribution in [2.75, 3.05) is 11.9 Å². The Balaban J connectivity index is 1.36. The molecule has 1 aromatic heterocycles. The lowest BCUT2D eigenvalue weighted by atomic mass is 10.1. The fourth-order valence-corrected chi connectivity index (χ4v) is 3.80. The molecule has 3 aromatic carbocycles. The van der Waals surface area contributed by atoms with Gasteiger partial charge in [0.1, 0.15) is 10.8 Å². The third-order valence-corrected chi connectivity index (χ3v) is 5.36. The molecule has 0 unspecified atom stereocenters. The van der Waals surface area contributed by atoms with Gasteiger partial charge in [-0.25, -0.2) is 9.37 Å². The smallest absolute Gasteiger partial charge is 0.164 e. The summed E-state index contributed by atoms with van der Waals surface area (Å²) in [6, 6.07) is 21.8. The van der Waals surface area contributed by atoms with Gasteiger partial charge >= 0.3 is 0 Å². The maximum absolute atomic E-state index is 12.9. The number of nitrogens with zero attached hydrogens (tertiary/aromatic N) is 1. The number of anilines is 1. The van der Waals surface area contributed by atoms with Crippen LogP contribution in [0.25, 0.3) is 20.8 Å². The second-order valence-electron chi connectivity index (χ2n) is 6.17. The molecule has 0 saturated carbocycles. The SMILES string of the molecule is O=C(CCNc1ccc(-c2nc3ccccc3s2)cc1)c1ccc(F)cc1. The first-order chi connectivity index (χ1) is 13.2. The van der Waals surface area contributed by atoms with Crippen LogP contribution in [-0.2, 0) is 0 Å². The topological polar surface area (TPSA) is 42.0 Å². The summed E-state index contributed by atoms with van der Waals surface area (Å²) >= 11 is 1.67. The van der Waals surface area contributed by atoms with Crippen molar-refractivity contribution in [3.8, 4) is 10.6 Å². The fourth-order valence-electron chi connectivity index (χ4n) is 2.83. The molecule has 0 spiro atoms. The van der Waals surface area contributed by atoms with Crippen LogP contribution in [0.2, 0.25) is 0 Å². The minimum absolute atomic E-state index is 0.00593. The lowest BCUT2D eigenvalue weighted by Gasteiger charge is -2.07. The van der Waals surface area contributed by atoms with Crippen molar-refractivity contribution in [3.05, 3.63) is 84.2 Å². The molecule has 0 fully saturated rings. The molecule has 0 aliphatic rings. The Morgan fingerprint density at radius 2 is 1.70 bits per heavy atom. The van der Waals surface area contributed by atoms with Crippen molar-refractivity contribution < 1.29 is 9.18 Å². The van der Waals surface area contributed by atoms with Crippen LogP contribution in [0, 0.1) is 5.82 Å². The van der Waals surface area contributed by atoms with E-state index in [9.17, 15) is 9.18 Å². The largest absolute Gasteiger partial charge is 0.385 e. The molecule has 0 radical (unpaired) electrons. The molecule has 0 amide bonds. The van der Waals surface area contributed by atoms with E-state index in [0.29, 0.717) is 18.5 Å². The van der Waals surface area contributed by atoms with Crippen LogP contribution < -0.4 is 5.32 Å². The zero-order valence-electron chi connectivity index (χ0n) is 14.5. The average Bonchev–Trinajstić information content (AvgIpc) is 3.13. The van der Waals surface area contributed by atoms with Gasteiger partial charge in [0.25, 0.3) is 0 Å². The summed E-state index contributed by atoms with van der Waals surface area (Å²) in [6.07, 6.45) is 0.352.